The Balaban J connectivity index is 1.33. The number of benzene rings is 2. The molecule has 214 valence electrons. The first-order valence-electron chi connectivity index (χ1n) is 13.2. The highest BCUT2D eigenvalue weighted by atomic mass is 35.5. The molecular formula is C30H29ClF3N5O2. The topological polar surface area (TPSA) is 83.7 Å². The number of nitrogen functional groups attached to an aromatic ring is 1. The predicted molar refractivity (Wildman–Crippen MR) is 152 cm³/mol. The molecule has 0 spiro atoms. The van der Waals surface area contributed by atoms with E-state index in [1.165, 1.54) is 30.3 Å². The van der Waals surface area contributed by atoms with Crippen LogP contribution in [0.5, 0.6) is 5.75 Å². The van der Waals surface area contributed by atoms with Gasteiger partial charge >= 0.3 is 6.18 Å². The van der Waals surface area contributed by atoms with Crippen LogP contribution >= 0.6 is 11.6 Å². The number of pyridine rings is 1. The Morgan fingerprint density at radius 3 is 2.54 bits per heavy atom. The molecule has 11 heteroatoms. The second-order valence-corrected chi connectivity index (χ2v) is 10.7. The highest BCUT2D eigenvalue weighted by Gasteiger charge is 2.34. The molecule has 5 rings (SSSR count). The summed E-state index contributed by atoms with van der Waals surface area (Å²) in [5, 5.41) is 2.88. The molecule has 1 aromatic heterocycles. The van der Waals surface area contributed by atoms with Crippen LogP contribution < -0.4 is 15.8 Å². The Morgan fingerprint density at radius 2 is 1.83 bits per heavy atom. The lowest BCUT2D eigenvalue weighted by Crippen LogP contribution is -2.44. The molecule has 2 aromatic carbocycles. The number of nitrogens with one attached hydrogen (secondary N) is 1. The summed E-state index contributed by atoms with van der Waals surface area (Å²) in [5.41, 5.74) is 6.39. The summed E-state index contributed by atoms with van der Waals surface area (Å²) < 4.78 is 47.6. The van der Waals surface area contributed by atoms with Gasteiger partial charge in [0, 0.05) is 55.6 Å². The third kappa shape index (κ3) is 7.50. The predicted octanol–water partition coefficient (Wildman–Crippen LogP) is 5.28. The summed E-state index contributed by atoms with van der Waals surface area (Å²) in [5.74, 6) is 6.03. The molecule has 2 heterocycles. The molecule has 1 aliphatic carbocycles. The number of hydrogen-bond acceptors (Lipinski definition) is 6. The Hall–Kier alpha value is -3.78. The molecule has 1 amide bonds. The maximum atomic E-state index is 14.0. The average molecular weight is 584 g/mol. The van der Waals surface area contributed by atoms with E-state index in [1.54, 1.807) is 12.3 Å². The van der Waals surface area contributed by atoms with Crippen molar-refractivity contribution >= 4 is 29.0 Å². The molecule has 0 radical (unpaired) electrons. The summed E-state index contributed by atoms with van der Waals surface area (Å²) in [4.78, 5) is 21.3. The number of likely N-dealkylation sites (N-methyl/N-ethyl adjacent to an activating group) is 1. The Bertz CT molecular complexity index is 1510. The summed E-state index contributed by atoms with van der Waals surface area (Å²) in [6, 6.07) is 10.1. The van der Waals surface area contributed by atoms with Crippen molar-refractivity contribution in [2.75, 3.05) is 44.3 Å². The molecule has 3 aromatic rings. The highest BCUT2D eigenvalue weighted by molar-refractivity contribution is 6.32. The number of carbonyl (C=O) groups excluding carboxylic acids is 1. The number of carbonyl (C=O) groups is 1. The lowest BCUT2D eigenvalue weighted by atomic mass is 10.0. The number of anilines is 2. The number of alkyl halides is 3. The minimum Gasteiger partial charge on any atom is -0.489 e. The van der Waals surface area contributed by atoms with Crippen molar-refractivity contribution in [2.45, 2.75) is 31.7 Å². The van der Waals surface area contributed by atoms with Crippen LogP contribution in [-0.2, 0) is 12.7 Å². The highest BCUT2D eigenvalue weighted by Crippen LogP contribution is 2.35. The first-order chi connectivity index (χ1) is 19.5. The van der Waals surface area contributed by atoms with Crippen LogP contribution in [0, 0.1) is 11.8 Å². The molecule has 41 heavy (non-hydrogen) atoms. The van der Waals surface area contributed by atoms with E-state index in [4.69, 9.17) is 22.1 Å². The van der Waals surface area contributed by atoms with Gasteiger partial charge in [0.05, 0.1) is 28.5 Å². The number of hydrogen-bond donors (Lipinski definition) is 2. The molecule has 2 fully saturated rings. The maximum absolute atomic E-state index is 14.0. The van der Waals surface area contributed by atoms with Gasteiger partial charge in [-0.15, -0.1) is 0 Å². The van der Waals surface area contributed by atoms with Gasteiger partial charge in [-0.05, 0) is 55.8 Å². The van der Waals surface area contributed by atoms with Gasteiger partial charge in [-0.3, -0.25) is 9.69 Å². The summed E-state index contributed by atoms with van der Waals surface area (Å²) in [6.45, 7) is 3.17. The number of halogens is 4. The zero-order valence-electron chi connectivity index (χ0n) is 22.4. The molecule has 1 saturated heterocycles. The van der Waals surface area contributed by atoms with Crippen molar-refractivity contribution in [3.63, 3.8) is 0 Å². The summed E-state index contributed by atoms with van der Waals surface area (Å²) in [7, 11) is 1.99. The number of amides is 1. The van der Waals surface area contributed by atoms with E-state index in [9.17, 15) is 18.0 Å². The van der Waals surface area contributed by atoms with E-state index in [2.05, 4.69) is 27.0 Å². The van der Waals surface area contributed by atoms with E-state index < -0.39 is 17.6 Å². The Kier molecular flexibility index (Phi) is 8.40. The van der Waals surface area contributed by atoms with Crippen molar-refractivity contribution in [2.24, 2.45) is 0 Å². The van der Waals surface area contributed by atoms with Gasteiger partial charge in [0.25, 0.3) is 5.91 Å². The van der Waals surface area contributed by atoms with E-state index >= 15 is 0 Å². The molecule has 3 N–H and O–H groups in total. The van der Waals surface area contributed by atoms with Crippen molar-refractivity contribution in [1.29, 1.82) is 0 Å². The smallest absolute Gasteiger partial charge is 0.416 e. The van der Waals surface area contributed by atoms with Crippen LogP contribution in [0.25, 0.3) is 0 Å². The van der Waals surface area contributed by atoms with Crippen LogP contribution in [0.2, 0.25) is 5.02 Å². The second kappa shape index (κ2) is 12.0. The third-order valence-corrected chi connectivity index (χ3v) is 7.27. The first kappa shape index (κ1) is 28.7. The zero-order chi connectivity index (χ0) is 29.1. The SMILES string of the molecule is CN1CCN(Cc2ccc(NC(=O)c3ccc(Cl)c(C#Cc4cc(OC5CC5)cnc4N)c3)cc2C(F)(F)F)CC1. The Morgan fingerprint density at radius 1 is 1.10 bits per heavy atom. The monoisotopic (exact) mass is 583 g/mol. The van der Waals surface area contributed by atoms with Crippen LogP contribution in [0.15, 0.2) is 48.7 Å². The molecule has 7 nitrogen and oxygen atoms in total. The number of nitrogens with two attached hydrogens (primary N) is 1. The molecule has 0 atom stereocenters. The molecule has 2 aliphatic rings. The third-order valence-electron chi connectivity index (χ3n) is 6.94. The van der Waals surface area contributed by atoms with Crippen LogP contribution in [0.1, 0.15) is 45.5 Å². The van der Waals surface area contributed by atoms with Gasteiger partial charge in [0.15, 0.2) is 0 Å². The van der Waals surface area contributed by atoms with Gasteiger partial charge in [-0.1, -0.05) is 29.5 Å². The minimum atomic E-state index is -4.57. The second-order valence-electron chi connectivity index (χ2n) is 10.3. The van der Waals surface area contributed by atoms with Crippen molar-refractivity contribution in [3.05, 3.63) is 81.5 Å². The molecule has 0 unspecified atom stereocenters. The van der Waals surface area contributed by atoms with Crippen molar-refractivity contribution in [3.8, 4) is 17.6 Å². The average Bonchev–Trinajstić information content (AvgIpc) is 3.75. The molecular weight excluding hydrogens is 555 g/mol. The van der Waals surface area contributed by atoms with E-state index in [0.29, 0.717) is 35.0 Å². The molecule has 1 aliphatic heterocycles. The molecule has 0 bridgehead atoms. The van der Waals surface area contributed by atoms with Gasteiger partial charge in [-0.2, -0.15) is 13.2 Å². The Labute approximate surface area is 241 Å². The lowest BCUT2D eigenvalue weighted by molar-refractivity contribution is -0.138. The first-order valence-corrected chi connectivity index (χ1v) is 13.6. The quantitative estimate of drug-likeness (QED) is 0.384. The van der Waals surface area contributed by atoms with Crippen LogP contribution in [0.3, 0.4) is 0 Å². The van der Waals surface area contributed by atoms with E-state index in [1.807, 2.05) is 11.9 Å². The van der Waals surface area contributed by atoms with E-state index in [0.717, 1.165) is 32.0 Å². The number of rotatable bonds is 6. The zero-order valence-corrected chi connectivity index (χ0v) is 23.1. The van der Waals surface area contributed by atoms with Gasteiger partial charge < -0.3 is 20.7 Å². The van der Waals surface area contributed by atoms with Crippen molar-refractivity contribution in [1.82, 2.24) is 14.8 Å². The molecule has 1 saturated carbocycles. The normalized spacial score (nSPS) is 16.1. The number of ether oxygens (including phenoxy) is 1. The number of nitrogens with zero attached hydrogens (tertiary/aromatic N) is 3. The minimum absolute atomic E-state index is 0.0402. The van der Waals surface area contributed by atoms with Gasteiger partial charge in [-0.25, -0.2) is 4.98 Å². The van der Waals surface area contributed by atoms with Gasteiger partial charge in [0.1, 0.15) is 11.6 Å². The van der Waals surface area contributed by atoms with Crippen molar-refractivity contribution < 1.29 is 22.7 Å². The number of aromatic nitrogens is 1. The van der Waals surface area contributed by atoms with E-state index in [-0.39, 0.29) is 35.3 Å². The van der Waals surface area contributed by atoms with Crippen LogP contribution in [0.4, 0.5) is 24.7 Å². The fourth-order valence-electron chi connectivity index (χ4n) is 4.40. The maximum Gasteiger partial charge on any atom is 0.416 e. The fourth-order valence-corrected chi connectivity index (χ4v) is 4.57. The number of piperazine rings is 1. The lowest BCUT2D eigenvalue weighted by Gasteiger charge is -2.33. The standard InChI is InChI=1S/C30H29ClF3N5O2/c1-38-10-12-39(13-11-38)18-22-4-6-23(16-26(22)30(32,33)34)37-29(40)21-5-9-27(31)19(14-21)2-3-20-15-25(17-36-28(20)35)41-24-7-8-24/h4-6,9,14-17,24H,7-8,10-13,18H2,1H3,(H2,35,36)(H,37,40). The van der Waals surface area contributed by atoms with Gasteiger partial charge in [0.2, 0.25) is 0 Å². The summed E-state index contributed by atoms with van der Waals surface area (Å²) in [6.07, 6.45) is -0.850. The van der Waals surface area contributed by atoms with Crippen LogP contribution in [-0.4, -0.2) is 60.0 Å². The fraction of sp³-hybridized carbons (Fsp3) is 0.333. The largest absolute Gasteiger partial charge is 0.489 e. The summed E-state index contributed by atoms with van der Waals surface area (Å²) >= 11 is 6.31.